The number of rotatable bonds is 23. The molecule has 35 nitrogen and oxygen atoms in total. The zero-order valence-electron chi connectivity index (χ0n) is 73.3. The summed E-state index contributed by atoms with van der Waals surface area (Å²) in [4.78, 5) is 124. The van der Waals surface area contributed by atoms with Crippen LogP contribution in [0.1, 0.15) is 141 Å². The maximum Gasteiger partial charge on any atom is 0.387 e. The number of alkyl halides is 6. The number of hydrogen-bond donors (Lipinski definition) is 4. The Labute approximate surface area is 789 Å². The molecule has 13 aromatic rings. The van der Waals surface area contributed by atoms with Crippen LogP contribution >= 0.6 is 69.6 Å². The lowest BCUT2D eigenvalue weighted by Crippen LogP contribution is -2.47. The average Bonchev–Trinajstić information content (AvgIpc) is 1.60. The van der Waals surface area contributed by atoms with Crippen molar-refractivity contribution in [1.29, 1.82) is 0 Å². The second-order valence-electron chi connectivity index (χ2n) is 31.5. The van der Waals surface area contributed by atoms with Crippen LogP contribution in [0, 0.1) is 25.6 Å². The number of nitro groups is 2. The van der Waals surface area contributed by atoms with Crippen molar-refractivity contribution in [3.63, 3.8) is 0 Å². The number of Topliss-reactive ketones (excluding diaryl/α,β-unsaturated/α-hetero) is 1. The van der Waals surface area contributed by atoms with E-state index in [2.05, 4.69) is 59.7 Å². The SMILES string of the molecule is CC(C)N1C(=O)Cc2ccc(Cl)nc21.CC(C)Nc1nc(Cl)ccc1N.CC(C)Nc1nc(Cl)ccc1[N+](=O)[O-].CC(C)n1c(=O)n(-c2cccc(OC(F)F)c2)c2ccc(C(=O)CC3(C)CS(=O)(=O)C3)nc21.CC(C)n1c(=O)n(-c2cccc(OC(F)F)c2)c2ccc(C(=O)O)nc21.CC(C)n1c(=O)n(-c2cccc(OC(F)F)c2)c2ccc(Cl)nc21.O=[N+]([O-])c1ccc(Cl)nc1Cl. The predicted octanol–water partition coefficient (Wildman–Crippen LogP) is 19.4. The molecule has 1 saturated heterocycles. The number of sulfone groups is 1. The summed E-state index contributed by atoms with van der Waals surface area (Å²) >= 11 is 33.9. The first kappa shape index (κ1) is 105. The van der Waals surface area contributed by atoms with E-state index in [1.807, 2.05) is 61.5 Å². The number of carbonyl (C=O) groups excluding carboxylic acids is 2. The number of carboxylic acid groups (broad SMARTS) is 1. The number of anilines is 4. The number of benzene rings is 3. The maximum absolute atomic E-state index is 13.2. The van der Waals surface area contributed by atoms with Gasteiger partial charge < -0.3 is 35.7 Å². The Hall–Kier alpha value is -13.0. The monoisotopic (exact) mass is 2000 g/mol. The van der Waals surface area contributed by atoms with Gasteiger partial charge in [0.2, 0.25) is 16.9 Å². The molecule has 5 N–H and O–H groups in total. The van der Waals surface area contributed by atoms with E-state index in [1.54, 1.807) is 100 Å². The van der Waals surface area contributed by atoms with E-state index in [9.17, 15) is 83.8 Å². The van der Waals surface area contributed by atoms with Gasteiger partial charge in [0.1, 0.15) is 54.5 Å². The normalized spacial score (nSPS) is 12.8. The van der Waals surface area contributed by atoms with E-state index in [-0.39, 0.29) is 143 Å². The molecule has 48 heteroatoms. The fourth-order valence-corrected chi connectivity index (χ4v) is 16.9. The van der Waals surface area contributed by atoms with Crippen molar-refractivity contribution >= 4 is 165 Å². The second-order valence-corrected chi connectivity index (χ2v) is 35.8. The standard InChI is InChI=1S/C22H23F2N3O5S.C17H15F2N3O4.C16H14ClF2N3O2.C10H11ClN2O.C8H10ClN3O2.C8H12ClN3.C5H2Cl2N2O2/c1-13(2)26-19-17(27(21(26)29)14-5-4-6-15(9-14)32-20(23)24)8-7-16(25-19)18(28)10-22(3)11-33(30,31)12-22;1-9(2)21-14-13(7-6-12(20-14)15(23)24)22(17(21)25)10-4-3-5-11(8-10)26-16(18)19;1-9(2)21-14-12(6-7-13(17)20-14)22(16(21)23)10-4-3-5-11(8-10)24-15(18)19;1-6(2)13-9(14)5-7-3-4-8(11)12-10(7)13;1-5(2)10-8-6(12(13)14)3-4-7(9)11-8;1-5(2)11-8-6(10)3-4-7(9)12-8;6-4-2-1-3(9(10)11)5(7)8-4/h4-9,13,20H,10-12H2,1-3H3;3-9,16H,1-2H3,(H,23,24);3-9,15H,1-2H3;3-4,6H,5H2,1-2H3;3-5H,1-2H3,(H,10,11);3-5H,10H2,1-2H3,(H,11,12);1-2H. The van der Waals surface area contributed by atoms with E-state index in [4.69, 9.17) is 80.4 Å². The molecule has 3 aromatic carbocycles. The molecule has 0 spiro atoms. The number of carboxylic acids is 1. The van der Waals surface area contributed by atoms with E-state index >= 15 is 0 Å². The van der Waals surface area contributed by atoms with Crippen molar-refractivity contribution in [2.24, 2.45) is 5.41 Å². The first-order chi connectivity index (χ1) is 62.9. The van der Waals surface area contributed by atoms with Crippen LogP contribution in [0.2, 0.25) is 30.9 Å². The highest BCUT2D eigenvalue weighted by molar-refractivity contribution is 7.92. The Morgan fingerprint density at radius 3 is 1.25 bits per heavy atom. The number of fused-ring (bicyclic) bond motifs is 4. The Balaban J connectivity index is 0.000000182. The number of ether oxygens (including phenoxy) is 3. The van der Waals surface area contributed by atoms with Crippen LogP contribution in [0.3, 0.4) is 0 Å². The average molecular weight is 2000 g/mol. The van der Waals surface area contributed by atoms with Crippen LogP contribution in [0.4, 0.5) is 60.9 Å². The number of ketones is 1. The number of nitrogens with one attached hydrogen (secondary N) is 2. The number of nitrogens with zero attached hydrogens (tertiary/aromatic N) is 16. The molecule has 712 valence electrons. The third-order valence-corrected chi connectivity index (χ3v) is 22.5. The fourth-order valence-electron chi connectivity index (χ4n) is 13.7. The van der Waals surface area contributed by atoms with E-state index in [1.165, 1.54) is 118 Å². The number of nitrogen functional groups attached to an aromatic ring is 1. The van der Waals surface area contributed by atoms with Gasteiger partial charge in [-0.3, -0.25) is 62.1 Å². The zero-order valence-corrected chi connectivity index (χ0v) is 78.6. The molecular formula is C86H87Cl6F6N19O16S. The van der Waals surface area contributed by atoms with Crippen LogP contribution in [0.5, 0.6) is 17.2 Å². The van der Waals surface area contributed by atoms with Crippen molar-refractivity contribution < 1.29 is 78.3 Å². The first-order valence-electron chi connectivity index (χ1n) is 40.3. The van der Waals surface area contributed by atoms with Gasteiger partial charge in [0.25, 0.3) is 0 Å². The number of imidazole rings is 3. The van der Waals surface area contributed by atoms with Gasteiger partial charge in [0, 0.05) is 84.0 Å². The number of amides is 1. The number of carbonyl (C=O) groups is 3. The van der Waals surface area contributed by atoms with Gasteiger partial charge in [-0.2, -0.15) is 26.3 Å². The molecule has 2 aliphatic rings. The molecule has 0 saturated carbocycles. The molecule has 12 heterocycles. The number of aromatic nitrogens is 13. The molecular weight excluding hydrogens is 1910 g/mol. The van der Waals surface area contributed by atoms with Crippen LogP contribution in [0.25, 0.3) is 50.6 Å². The van der Waals surface area contributed by atoms with E-state index in [0.717, 1.165) is 11.4 Å². The van der Waals surface area contributed by atoms with Crippen molar-refractivity contribution in [3.05, 3.63) is 257 Å². The van der Waals surface area contributed by atoms with Gasteiger partial charge in [-0.25, -0.2) is 62.5 Å². The molecule has 1 fully saturated rings. The Kier molecular flexibility index (Phi) is 35.3. The molecule has 0 atom stereocenters. The van der Waals surface area contributed by atoms with Crippen molar-refractivity contribution in [1.82, 2.24) is 62.3 Å². The van der Waals surface area contributed by atoms with Gasteiger partial charge >= 0.3 is 54.2 Å². The summed E-state index contributed by atoms with van der Waals surface area (Å²) in [6.45, 7) is 15.3. The van der Waals surface area contributed by atoms with Crippen molar-refractivity contribution in [3.8, 4) is 34.3 Å². The minimum absolute atomic E-state index is 0.0261. The Morgan fingerprint density at radius 2 is 0.851 bits per heavy atom. The first-order valence-corrected chi connectivity index (χ1v) is 44.4. The number of pyridine rings is 7. The molecule has 0 bridgehead atoms. The molecule has 10 aromatic heterocycles. The van der Waals surface area contributed by atoms with Crippen LogP contribution in [-0.2, 0) is 21.1 Å². The smallest absolute Gasteiger partial charge is 0.387 e. The number of hydrogen-bond acceptors (Lipinski definition) is 25. The predicted molar refractivity (Wildman–Crippen MR) is 498 cm³/mol. The molecule has 134 heavy (non-hydrogen) atoms. The minimum atomic E-state index is -3.09. The third-order valence-electron chi connectivity index (χ3n) is 18.9. The molecule has 2 aliphatic heterocycles. The molecule has 0 radical (unpaired) electrons. The summed E-state index contributed by atoms with van der Waals surface area (Å²) in [7, 11) is -3.09. The fraction of sp³-hybridized carbons (Fsp3) is 0.314. The summed E-state index contributed by atoms with van der Waals surface area (Å²) in [5.41, 5.74) is 8.25. The minimum Gasteiger partial charge on any atom is -0.477 e. The maximum atomic E-state index is 13.2. The summed E-state index contributed by atoms with van der Waals surface area (Å²) in [5.74, 6) is -0.143. The lowest BCUT2D eigenvalue weighted by molar-refractivity contribution is -0.385. The highest BCUT2D eigenvalue weighted by atomic mass is 35.5. The van der Waals surface area contributed by atoms with Gasteiger partial charge in [-0.05, 0) is 186 Å². The van der Waals surface area contributed by atoms with Gasteiger partial charge in [-0.15, -0.1) is 0 Å². The number of nitrogens with two attached hydrogens (primary N) is 1. The summed E-state index contributed by atoms with van der Waals surface area (Å²) < 4.78 is 120. The van der Waals surface area contributed by atoms with Crippen LogP contribution in [-0.4, -0.2) is 153 Å². The highest BCUT2D eigenvalue weighted by Crippen LogP contribution is 2.38. The topological polar surface area (TPSA) is 444 Å². The van der Waals surface area contributed by atoms with E-state index in [0.29, 0.717) is 73.5 Å². The Morgan fingerprint density at radius 1 is 0.485 bits per heavy atom. The molecule has 0 aliphatic carbocycles. The highest BCUT2D eigenvalue weighted by Gasteiger charge is 2.46. The number of aromatic carboxylic acids is 1. The quantitative estimate of drug-likeness (QED) is 0.0152. The van der Waals surface area contributed by atoms with Gasteiger partial charge in [0.15, 0.2) is 44.1 Å². The van der Waals surface area contributed by atoms with Crippen LogP contribution in [0.15, 0.2) is 172 Å². The van der Waals surface area contributed by atoms with Gasteiger partial charge in [0.05, 0.1) is 67.1 Å². The second kappa shape index (κ2) is 45.2. The largest absolute Gasteiger partial charge is 0.477 e. The third kappa shape index (κ3) is 26.7. The zero-order chi connectivity index (χ0) is 99.1. The van der Waals surface area contributed by atoms with Crippen molar-refractivity contribution in [2.45, 2.75) is 159 Å². The summed E-state index contributed by atoms with van der Waals surface area (Å²) in [5, 5.41) is 37.2. The van der Waals surface area contributed by atoms with Gasteiger partial charge in [-0.1, -0.05) is 101 Å². The van der Waals surface area contributed by atoms with E-state index < -0.39 is 62.3 Å². The molecule has 15 rings (SSSR count). The summed E-state index contributed by atoms with van der Waals surface area (Å²) in [6.07, 6.45) is 0.474. The molecule has 0 unspecified atom stereocenters. The number of halogens is 12. The van der Waals surface area contributed by atoms with Crippen molar-refractivity contribution in [2.75, 3.05) is 32.8 Å². The molecule has 1 amide bonds. The Bertz CT molecular complexity index is 6830. The summed E-state index contributed by atoms with van der Waals surface area (Å²) in [6, 6.07) is 38.5. The van der Waals surface area contributed by atoms with Crippen LogP contribution < -0.4 is 52.5 Å². The lowest BCUT2D eigenvalue weighted by Gasteiger charge is -2.36. The lowest BCUT2D eigenvalue weighted by atomic mass is 9.87.